The van der Waals surface area contributed by atoms with Crippen molar-refractivity contribution in [1.29, 1.82) is 5.26 Å². The third-order valence-corrected chi connectivity index (χ3v) is 7.28. The van der Waals surface area contributed by atoms with Gasteiger partial charge in [-0.3, -0.25) is 4.79 Å². The second-order valence-electron chi connectivity index (χ2n) is 10.4. The Morgan fingerprint density at radius 3 is 2.48 bits per heavy atom. The average Bonchev–Trinajstić information content (AvgIpc) is 2.91. The van der Waals surface area contributed by atoms with Gasteiger partial charge in [0.25, 0.3) is 0 Å². The van der Waals surface area contributed by atoms with E-state index in [9.17, 15) is 10.1 Å². The van der Waals surface area contributed by atoms with Gasteiger partial charge in [-0.1, -0.05) is 6.07 Å². The highest BCUT2D eigenvalue weighted by Crippen LogP contribution is 2.38. The minimum Gasteiger partial charge on any atom is -0.493 e. The van der Waals surface area contributed by atoms with Gasteiger partial charge < -0.3 is 30.7 Å². The minimum absolute atomic E-state index is 0.0382. The van der Waals surface area contributed by atoms with Crippen LogP contribution in [0.4, 0.5) is 16.2 Å². The number of carbonyl (C=O) groups excluding carboxylic acids is 1. The van der Waals surface area contributed by atoms with E-state index < -0.39 is 5.82 Å². The SMILES string of the molecule is COc1cc2c(N)nc(N3C(C)CN(C(=O)CCc4ccc(C#N)cc4CC(C)N)CC3C)nc2c(F)c1OC. The van der Waals surface area contributed by atoms with E-state index in [4.69, 9.17) is 20.9 Å². The van der Waals surface area contributed by atoms with Gasteiger partial charge in [0, 0.05) is 43.0 Å². The molecule has 1 amide bonds. The summed E-state index contributed by atoms with van der Waals surface area (Å²) in [6.07, 6.45) is 1.54. The summed E-state index contributed by atoms with van der Waals surface area (Å²) in [5.74, 6) is -0.0649. The first-order chi connectivity index (χ1) is 19.1. The standard InChI is InChI=1S/C29H36FN7O3/c1-16(32)10-21-11-19(13-31)6-7-20(21)8-9-24(38)36-14-17(2)37(18(3)15-36)29-34-26-22(28(33)35-29)12-23(39-4)27(40-5)25(26)30/h6-7,11-12,16-18H,8-10,14-15,32H2,1-5H3,(H2,33,34,35). The number of piperazine rings is 1. The fourth-order valence-corrected chi connectivity index (χ4v) is 5.45. The number of anilines is 2. The molecule has 4 N–H and O–H groups in total. The molecule has 3 aromatic rings. The predicted octanol–water partition coefficient (Wildman–Crippen LogP) is 3.19. The summed E-state index contributed by atoms with van der Waals surface area (Å²) in [7, 11) is 2.78. The molecule has 1 aliphatic heterocycles. The van der Waals surface area contributed by atoms with Crippen molar-refractivity contribution >= 4 is 28.6 Å². The number of aromatic nitrogens is 2. The van der Waals surface area contributed by atoms with E-state index >= 15 is 4.39 Å². The number of nitrogens with zero attached hydrogens (tertiary/aromatic N) is 5. The molecule has 2 heterocycles. The predicted molar refractivity (Wildman–Crippen MR) is 152 cm³/mol. The lowest BCUT2D eigenvalue weighted by Gasteiger charge is -2.44. The molecule has 0 spiro atoms. The lowest BCUT2D eigenvalue weighted by atomic mass is 9.95. The summed E-state index contributed by atoms with van der Waals surface area (Å²) >= 11 is 0. The Bertz CT molecular complexity index is 1440. The maximum atomic E-state index is 15.3. The van der Waals surface area contributed by atoms with Crippen molar-refractivity contribution in [1.82, 2.24) is 14.9 Å². The van der Waals surface area contributed by atoms with Gasteiger partial charge in [-0.05, 0) is 62.9 Å². The zero-order valence-corrected chi connectivity index (χ0v) is 23.6. The Morgan fingerprint density at radius 1 is 1.18 bits per heavy atom. The Morgan fingerprint density at radius 2 is 1.88 bits per heavy atom. The summed E-state index contributed by atoms with van der Waals surface area (Å²) in [6, 6.07) is 8.94. The third-order valence-electron chi connectivity index (χ3n) is 7.28. The smallest absolute Gasteiger partial charge is 0.228 e. The lowest BCUT2D eigenvalue weighted by Crippen LogP contribution is -2.58. The summed E-state index contributed by atoms with van der Waals surface area (Å²) in [6.45, 7) is 6.79. The van der Waals surface area contributed by atoms with Crippen LogP contribution < -0.4 is 25.8 Å². The number of ether oxygens (including phenoxy) is 2. The molecule has 11 heteroatoms. The Labute approximate surface area is 233 Å². The first kappa shape index (κ1) is 28.8. The molecule has 0 bridgehead atoms. The zero-order chi connectivity index (χ0) is 29.1. The van der Waals surface area contributed by atoms with Crippen molar-refractivity contribution < 1.29 is 18.7 Å². The van der Waals surface area contributed by atoms with E-state index in [0.29, 0.717) is 49.2 Å². The van der Waals surface area contributed by atoms with Crippen LogP contribution in [0, 0.1) is 17.1 Å². The monoisotopic (exact) mass is 549 g/mol. The number of benzene rings is 2. The van der Waals surface area contributed by atoms with Gasteiger partial charge in [-0.15, -0.1) is 0 Å². The molecule has 0 aliphatic carbocycles. The van der Waals surface area contributed by atoms with Crippen LogP contribution in [-0.4, -0.2) is 66.2 Å². The van der Waals surface area contributed by atoms with Gasteiger partial charge in [-0.2, -0.15) is 10.2 Å². The summed E-state index contributed by atoms with van der Waals surface area (Å²) in [5, 5.41) is 9.60. The molecule has 3 unspecified atom stereocenters. The first-order valence-electron chi connectivity index (χ1n) is 13.3. The van der Waals surface area contributed by atoms with Crippen LogP contribution >= 0.6 is 0 Å². The largest absolute Gasteiger partial charge is 0.493 e. The molecular weight excluding hydrogens is 513 g/mol. The van der Waals surface area contributed by atoms with Crippen LogP contribution in [-0.2, 0) is 17.6 Å². The van der Waals surface area contributed by atoms with Gasteiger partial charge in [0.15, 0.2) is 17.3 Å². The number of hydrogen-bond donors (Lipinski definition) is 2. The molecule has 1 fully saturated rings. The van der Waals surface area contributed by atoms with Crippen molar-refractivity contribution in [2.45, 2.75) is 58.2 Å². The highest BCUT2D eigenvalue weighted by Gasteiger charge is 2.34. The van der Waals surface area contributed by atoms with E-state index in [1.54, 1.807) is 12.1 Å². The molecule has 0 radical (unpaired) electrons. The van der Waals surface area contributed by atoms with Crippen LogP contribution in [0.25, 0.3) is 10.9 Å². The van der Waals surface area contributed by atoms with E-state index in [-0.39, 0.29) is 46.9 Å². The van der Waals surface area contributed by atoms with Gasteiger partial charge >= 0.3 is 0 Å². The van der Waals surface area contributed by atoms with Crippen LogP contribution in [0.1, 0.15) is 43.9 Å². The number of amides is 1. The van der Waals surface area contributed by atoms with Gasteiger partial charge in [-0.25, -0.2) is 9.37 Å². The normalized spacial score (nSPS) is 17.9. The lowest BCUT2D eigenvalue weighted by molar-refractivity contribution is -0.132. The van der Waals surface area contributed by atoms with Crippen molar-refractivity contribution in [3.63, 3.8) is 0 Å². The highest BCUT2D eigenvalue weighted by atomic mass is 19.1. The van der Waals surface area contributed by atoms with Gasteiger partial charge in [0.2, 0.25) is 11.9 Å². The van der Waals surface area contributed by atoms with E-state index in [0.717, 1.165) is 11.1 Å². The molecule has 4 rings (SSSR count). The molecule has 1 aliphatic rings. The number of halogens is 1. The van der Waals surface area contributed by atoms with Crippen molar-refractivity contribution in [2.24, 2.45) is 5.73 Å². The Balaban J connectivity index is 1.51. The van der Waals surface area contributed by atoms with E-state index in [1.807, 2.05) is 42.7 Å². The number of aryl methyl sites for hydroxylation is 1. The Kier molecular flexibility index (Phi) is 8.59. The molecular formula is C29H36FN7O3. The summed E-state index contributed by atoms with van der Waals surface area (Å²) in [4.78, 5) is 26.1. The minimum atomic E-state index is -0.674. The van der Waals surface area contributed by atoms with E-state index in [2.05, 4.69) is 16.0 Å². The second-order valence-corrected chi connectivity index (χ2v) is 10.4. The average molecular weight is 550 g/mol. The van der Waals surface area contributed by atoms with Crippen molar-refractivity contribution in [3.05, 3.63) is 46.8 Å². The molecule has 0 saturated carbocycles. The molecule has 212 valence electrons. The number of carbonyl (C=O) groups is 1. The first-order valence-corrected chi connectivity index (χ1v) is 13.3. The maximum absolute atomic E-state index is 15.3. The molecule has 2 aromatic carbocycles. The number of rotatable bonds is 8. The van der Waals surface area contributed by atoms with Gasteiger partial charge in [0.05, 0.1) is 25.9 Å². The quantitative estimate of drug-likeness (QED) is 0.433. The maximum Gasteiger partial charge on any atom is 0.228 e. The zero-order valence-electron chi connectivity index (χ0n) is 23.6. The number of fused-ring (bicyclic) bond motifs is 1. The van der Waals surface area contributed by atoms with Gasteiger partial charge in [0.1, 0.15) is 11.3 Å². The van der Waals surface area contributed by atoms with Crippen molar-refractivity contribution in [3.8, 4) is 17.6 Å². The van der Waals surface area contributed by atoms with Crippen molar-refractivity contribution in [2.75, 3.05) is 37.9 Å². The molecule has 10 nitrogen and oxygen atoms in total. The highest BCUT2D eigenvalue weighted by molar-refractivity contribution is 5.92. The third kappa shape index (κ3) is 5.72. The molecule has 1 aromatic heterocycles. The molecule has 40 heavy (non-hydrogen) atoms. The van der Waals surface area contributed by atoms with E-state index in [1.165, 1.54) is 14.2 Å². The molecule has 1 saturated heterocycles. The summed E-state index contributed by atoms with van der Waals surface area (Å²) < 4.78 is 25.8. The number of methoxy groups -OCH3 is 2. The van der Waals surface area contributed by atoms with Crippen LogP contribution in [0.3, 0.4) is 0 Å². The van der Waals surface area contributed by atoms with Crippen LogP contribution in [0.5, 0.6) is 11.5 Å². The number of nitrogens with two attached hydrogens (primary N) is 2. The van der Waals surface area contributed by atoms with Crippen LogP contribution in [0.15, 0.2) is 24.3 Å². The second kappa shape index (κ2) is 11.9. The topological polar surface area (TPSA) is 144 Å². The number of hydrogen-bond acceptors (Lipinski definition) is 9. The fourth-order valence-electron chi connectivity index (χ4n) is 5.45. The summed E-state index contributed by atoms with van der Waals surface area (Å²) in [5.41, 5.74) is 14.9. The Hall–Kier alpha value is -4.17. The number of nitrogen functional groups attached to an aromatic ring is 1. The molecule has 3 atom stereocenters. The number of nitriles is 1. The fraction of sp³-hybridized carbons (Fsp3) is 0.448. The van der Waals surface area contributed by atoms with Crippen LogP contribution in [0.2, 0.25) is 0 Å².